The lowest BCUT2D eigenvalue weighted by Gasteiger charge is -2.47. The van der Waals surface area contributed by atoms with Crippen LogP contribution in [0.4, 0.5) is 0 Å². The summed E-state index contributed by atoms with van der Waals surface area (Å²) in [5.41, 5.74) is -0.756. The molecule has 0 N–H and O–H groups in total. The molecule has 0 amide bonds. The Morgan fingerprint density at radius 1 is 0.525 bits per heavy atom. The van der Waals surface area contributed by atoms with Crippen LogP contribution in [0.15, 0.2) is 24.3 Å². The third-order valence-corrected chi connectivity index (χ3v) is 8.90. The first-order valence-electron chi connectivity index (χ1n) is 17.6. The molecule has 3 heteroatoms. The number of quaternary nitrogens is 1. The Morgan fingerprint density at radius 3 is 1.23 bits per heavy atom. The average molecular weight is 562 g/mol. The summed E-state index contributed by atoms with van der Waals surface area (Å²) in [6.45, 7) is 4.53. The molecule has 0 aromatic rings. The summed E-state index contributed by atoms with van der Waals surface area (Å²) in [6.07, 6.45) is 41.0. The summed E-state index contributed by atoms with van der Waals surface area (Å²) in [5.74, 6) is -0.842. The van der Waals surface area contributed by atoms with Crippen molar-refractivity contribution in [2.75, 3.05) is 21.1 Å². The van der Waals surface area contributed by atoms with Crippen LogP contribution >= 0.6 is 0 Å². The first-order chi connectivity index (χ1) is 19.3. The number of carbonyl (C=O) groups is 1. The van der Waals surface area contributed by atoms with Crippen LogP contribution in [0, 0.1) is 0 Å². The highest BCUT2D eigenvalue weighted by Gasteiger charge is 2.43. The lowest BCUT2D eigenvalue weighted by Crippen LogP contribution is -2.66. The number of nitrogens with zero attached hydrogens (tertiary/aromatic N) is 1. The van der Waals surface area contributed by atoms with E-state index >= 15 is 0 Å². The van der Waals surface area contributed by atoms with Gasteiger partial charge in [-0.05, 0) is 44.9 Å². The quantitative estimate of drug-likeness (QED) is 0.0497. The molecule has 0 radical (unpaired) electrons. The molecule has 0 bridgehead atoms. The van der Waals surface area contributed by atoms with Crippen molar-refractivity contribution in [3.8, 4) is 0 Å². The monoisotopic (exact) mass is 562 g/mol. The minimum Gasteiger partial charge on any atom is -0.544 e. The molecule has 1 unspecified atom stereocenters. The van der Waals surface area contributed by atoms with Crippen LogP contribution in [0.5, 0.6) is 0 Å². The number of hydrogen-bond donors (Lipinski definition) is 0. The first kappa shape index (κ1) is 38.9. The van der Waals surface area contributed by atoms with E-state index in [0.717, 1.165) is 44.9 Å². The molecule has 0 saturated carbocycles. The largest absolute Gasteiger partial charge is 0.544 e. The molecular formula is C37H71NO2. The molecule has 0 aromatic heterocycles. The van der Waals surface area contributed by atoms with E-state index in [9.17, 15) is 9.90 Å². The highest BCUT2D eigenvalue weighted by atomic mass is 16.4. The van der Waals surface area contributed by atoms with Crippen LogP contribution in [0.3, 0.4) is 0 Å². The SMILES string of the molecule is CCCCC/C=C\C/C=C\CCCCCCCCC(CCCCCCCCCCCCCC)(C(=O)[O-])[N+](C)(C)C. The molecule has 1 atom stereocenters. The minimum absolute atomic E-state index is 0.466. The molecular weight excluding hydrogens is 490 g/mol. The lowest BCUT2D eigenvalue weighted by atomic mass is 9.83. The fraction of sp³-hybridized carbons (Fsp3) is 0.865. The van der Waals surface area contributed by atoms with Gasteiger partial charge < -0.3 is 14.4 Å². The molecule has 0 aromatic carbocycles. The van der Waals surface area contributed by atoms with Crippen LogP contribution in [0.2, 0.25) is 0 Å². The summed E-state index contributed by atoms with van der Waals surface area (Å²) >= 11 is 0. The molecule has 0 rings (SSSR count). The van der Waals surface area contributed by atoms with Crippen molar-refractivity contribution >= 4 is 5.97 Å². The van der Waals surface area contributed by atoms with Gasteiger partial charge >= 0.3 is 0 Å². The maximum absolute atomic E-state index is 12.5. The van der Waals surface area contributed by atoms with Crippen molar-refractivity contribution in [3.05, 3.63) is 24.3 Å². The fourth-order valence-corrected chi connectivity index (χ4v) is 5.94. The number of allylic oxidation sites excluding steroid dienone is 4. The van der Waals surface area contributed by atoms with E-state index in [-0.39, 0.29) is 0 Å². The molecule has 40 heavy (non-hydrogen) atoms. The highest BCUT2D eigenvalue weighted by Crippen LogP contribution is 2.32. The van der Waals surface area contributed by atoms with E-state index in [0.29, 0.717) is 4.48 Å². The van der Waals surface area contributed by atoms with Crippen molar-refractivity contribution in [2.24, 2.45) is 0 Å². The molecule has 0 spiro atoms. The predicted octanol–water partition coefficient (Wildman–Crippen LogP) is 10.5. The zero-order valence-electron chi connectivity index (χ0n) is 28.0. The van der Waals surface area contributed by atoms with E-state index in [4.69, 9.17) is 0 Å². The van der Waals surface area contributed by atoms with Crippen LogP contribution in [-0.2, 0) is 4.79 Å². The molecule has 236 valence electrons. The van der Waals surface area contributed by atoms with Gasteiger partial charge in [-0.15, -0.1) is 0 Å². The summed E-state index contributed by atoms with van der Waals surface area (Å²) in [4.78, 5) is 12.5. The van der Waals surface area contributed by atoms with Gasteiger partial charge in [-0.1, -0.05) is 147 Å². The van der Waals surface area contributed by atoms with Gasteiger partial charge in [-0.3, -0.25) is 0 Å². The molecule has 0 aliphatic rings. The predicted molar refractivity (Wildman–Crippen MR) is 175 cm³/mol. The zero-order chi connectivity index (χ0) is 29.8. The topological polar surface area (TPSA) is 40.1 Å². The normalized spacial score (nSPS) is 13.9. The van der Waals surface area contributed by atoms with Crippen LogP contribution in [0.25, 0.3) is 0 Å². The van der Waals surface area contributed by atoms with Gasteiger partial charge in [-0.2, -0.15) is 0 Å². The zero-order valence-corrected chi connectivity index (χ0v) is 28.0. The average Bonchev–Trinajstić information content (AvgIpc) is 2.91. The second-order valence-electron chi connectivity index (χ2n) is 13.3. The van der Waals surface area contributed by atoms with Gasteiger partial charge in [0.15, 0.2) is 0 Å². The second-order valence-corrected chi connectivity index (χ2v) is 13.3. The fourth-order valence-electron chi connectivity index (χ4n) is 5.94. The third kappa shape index (κ3) is 20.7. The van der Waals surface area contributed by atoms with E-state index in [1.54, 1.807) is 0 Å². The number of carboxylic acids is 1. The summed E-state index contributed by atoms with van der Waals surface area (Å²) in [5, 5.41) is 12.5. The van der Waals surface area contributed by atoms with Gasteiger partial charge in [0.2, 0.25) is 0 Å². The number of likely N-dealkylation sites (N-methyl/N-ethyl adjacent to an activating group) is 1. The van der Waals surface area contributed by atoms with Gasteiger partial charge in [-0.25, -0.2) is 0 Å². The molecule has 0 aliphatic heterocycles. The highest BCUT2D eigenvalue weighted by molar-refractivity contribution is 5.75. The third-order valence-electron chi connectivity index (χ3n) is 8.90. The van der Waals surface area contributed by atoms with Gasteiger partial charge in [0.25, 0.3) is 0 Å². The summed E-state index contributed by atoms with van der Waals surface area (Å²) < 4.78 is 0.466. The molecule has 0 saturated heterocycles. The van der Waals surface area contributed by atoms with E-state index in [1.807, 2.05) is 21.1 Å². The van der Waals surface area contributed by atoms with Crippen LogP contribution in [-0.4, -0.2) is 37.1 Å². The molecule has 0 heterocycles. The van der Waals surface area contributed by atoms with Gasteiger partial charge in [0, 0.05) is 12.8 Å². The number of carbonyl (C=O) groups excluding carboxylic acids is 1. The Balaban J connectivity index is 4.06. The standard InChI is InChI=1S/C37H71NO2/c1-6-8-10-12-14-16-18-20-21-22-23-25-27-29-31-33-35-37(36(39)40,38(3,4)5)34-32-30-28-26-24-19-17-15-13-11-9-7-2/h14,16,20-21H,6-13,15,17-19,22-35H2,1-5H3/b16-14-,21-20-. The van der Waals surface area contributed by atoms with Crippen molar-refractivity contribution in [3.63, 3.8) is 0 Å². The van der Waals surface area contributed by atoms with Crippen LogP contribution in [0.1, 0.15) is 181 Å². The number of unbranched alkanes of at least 4 members (excludes halogenated alkanes) is 20. The molecule has 0 aliphatic carbocycles. The lowest BCUT2D eigenvalue weighted by molar-refractivity contribution is -0.917. The Hall–Kier alpha value is -1.09. The Kier molecular flexibility index (Phi) is 26.1. The van der Waals surface area contributed by atoms with Crippen molar-refractivity contribution in [1.82, 2.24) is 0 Å². The van der Waals surface area contributed by atoms with Crippen molar-refractivity contribution in [2.45, 2.75) is 186 Å². The Bertz CT molecular complexity index is 618. The maximum Gasteiger partial charge on any atom is 0.139 e. The van der Waals surface area contributed by atoms with Gasteiger partial charge in [0.05, 0.1) is 21.1 Å². The molecule has 3 nitrogen and oxygen atoms in total. The van der Waals surface area contributed by atoms with Crippen molar-refractivity contribution in [1.29, 1.82) is 0 Å². The first-order valence-corrected chi connectivity index (χ1v) is 17.6. The summed E-state index contributed by atoms with van der Waals surface area (Å²) in [6, 6.07) is 0. The number of hydrogen-bond acceptors (Lipinski definition) is 2. The maximum atomic E-state index is 12.5. The number of rotatable bonds is 30. The van der Waals surface area contributed by atoms with E-state index in [1.165, 1.54) is 122 Å². The molecule has 0 fully saturated rings. The summed E-state index contributed by atoms with van der Waals surface area (Å²) in [7, 11) is 6.14. The van der Waals surface area contributed by atoms with Gasteiger partial charge in [0.1, 0.15) is 11.5 Å². The second kappa shape index (κ2) is 26.8. The number of carboxylic acid groups (broad SMARTS) is 1. The van der Waals surface area contributed by atoms with Crippen molar-refractivity contribution < 1.29 is 14.4 Å². The van der Waals surface area contributed by atoms with Crippen LogP contribution < -0.4 is 5.11 Å². The Morgan fingerprint density at radius 2 is 0.850 bits per heavy atom. The minimum atomic E-state index is -0.842. The number of aliphatic carboxylic acids is 1. The Labute approximate surface area is 251 Å². The van der Waals surface area contributed by atoms with E-state index < -0.39 is 11.5 Å². The van der Waals surface area contributed by atoms with E-state index in [2.05, 4.69) is 38.2 Å². The smallest absolute Gasteiger partial charge is 0.139 e.